The molecule has 1 rings (SSSR count). The zero-order valence-corrected chi connectivity index (χ0v) is 11.4. The summed E-state index contributed by atoms with van der Waals surface area (Å²) in [6.45, 7) is 2.42. The number of carbonyl (C=O) groups is 1. The predicted octanol–water partition coefficient (Wildman–Crippen LogP) is 1.12. The van der Waals surface area contributed by atoms with Crippen LogP contribution in [0.2, 0.25) is 0 Å². The van der Waals surface area contributed by atoms with Gasteiger partial charge in [0.25, 0.3) is 5.91 Å². The van der Waals surface area contributed by atoms with E-state index in [0.29, 0.717) is 12.1 Å². The van der Waals surface area contributed by atoms with Gasteiger partial charge in [-0.15, -0.1) is 0 Å². The van der Waals surface area contributed by atoms with E-state index in [4.69, 9.17) is 0 Å². The Balaban J connectivity index is 2.81. The smallest absolute Gasteiger partial charge is 0.251 e. The zero-order chi connectivity index (χ0) is 13.6. The van der Waals surface area contributed by atoms with Crippen LogP contribution in [0, 0.1) is 0 Å². The number of benzene rings is 1. The van der Waals surface area contributed by atoms with Crippen LogP contribution in [0.3, 0.4) is 0 Å². The minimum atomic E-state index is -3.46. The third-order valence-electron chi connectivity index (χ3n) is 2.48. The number of hydrogen-bond acceptors (Lipinski definition) is 3. The number of amides is 1. The Morgan fingerprint density at radius 3 is 2.33 bits per heavy atom. The van der Waals surface area contributed by atoms with E-state index in [1.807, 2.05) is 6.92 Å². The lowest BCUT2D eigenvalue weighted by molar-refractivity contribution is 0.0963. The average molecular weight is 270 g/mol. The van der Waals surface area contributed by atoms with Crippen molar-refractivity contribution in [1.29, 1.82) is 0 Å². The first-order chi connectivity index (χ1) is 8.51. The highest BCUT2D eigenvalue weighted by Crippen LogP contribution is 2.10. The Kier molecular flexibility index (Phi) is 5.30. The fourth-order valence-electron chi connectivity index (χ4n) is 1.40. The molecule has 0 heterocycles. The molecule has 0 aromatic heterocycles. The summed E-state index contributed by atoms with van der Waals surface area (Å²) in [4.78, 5) is 11.5. The number of carbonyl (C=O) groups excluding carboxylic acids is 1. The molecule has 1 aromatic carbocycles. The number of sulfonamides is 1. The lowest BCUT2D eigenvalue weighted by Gasteiger charge is -2.06. The van der Waals surface area contributed by atoms with Crippen LogP contribution in [-0.4, -0.2) is 27.9 Å². The van der Waals surface area contributed by atoms with Crippen LogP contribution in [0.15, 0.2) is 29.2 Å². The van der Waals surface area contributed by atoms with Crippen molar-refractivity contribution >= 4 is 15.9 Å². The van der Waals surface area contributed by atoms with Gasteiger partial charge in [0.2, 0.25) is 10.0 Å². The first-order valence-corrected chi connectivity index (χ1v) is 7.31. The normalized spacial score (nSPS) is 11.2. The first kappa shape index (κ1) is 14.7. The highest BCUT2D eigenvalue weighted by molar-refractivity contribution is 7.89. The maximum Gasteiger partial charge on any atom is 0.251 e. The van der Waals surface area contributed by atoms with Gasteiger partial charge in [-0.25, -0.2) is 13.1 Å². The summed E-state index contributed by atoms with van der Waals surface area (Å²) in [6.07, 6.45) is 1.73. The van der Waals surface area contributed by atoms with Gasteiger partial charge in [0.1, 0.15) is 0 Å². The molecule has 0 saturated heterocycles. The third-order valence-corrected chi connectivity index (χ3v) is 3.95. The Morgan fingerprint density at radius 1 is 1.22 bits per heavy atom. The second kappa shape index (κ2) is 6.51. The molecule has 100 valence electrons. The molecule has 0 unspecified atom stereocenters. The van der Waals surface area contributed by atoms with Crippen molar-refractivity contribution in [3.8, 4) is 0 Å². The van der Waals surface area contributed by atoms with Crippen molar-refractivity contribution in [2.45, 2.75) is 24.7 Å². The molecule has 6 heteroatoms. The highest BCUT2D eigenvalue weighted by Gasteiger charge is 2.13. The molecule has 0 atom stereocenters. The van der Waals surface area contributed by atoms with E-state index in [1.54, 1.807) is 0 Å². The molecular formula is C12H18N2O3S. The maximum absolute atomic E-state index is 11.8. The molecule has 5 nitrogen and oxygen atoms in total. The molecule has 0 radical (unpaired) electrons. The van der Waals surface area contributed by atoms with E-state index < -0.39 is 10.0 Å². The summed E-state index contributed by atoms with van der Waals surface area (Å²) in [5.41, 5.74) is 0.435. The van der Waals surface area contributed by atoms with Crippen molar-refractivity contribution < 1.29 is 13.2 Å². The van der Waals surface area contributed by atoms with E-state index in [-0.39, 0.29) is 10.8 Å². The van der Waals surface area contributed by atoms with Crippen molar-refractivity contribution in [1.82, 2.24) is 10.0 Å². The maximum atomic E-state index is 11.8. The van der Waals surface area contributed by atoms with Gasteiger partial charge in [0, 0.05) is 19.2 Å². The van der Waals surface area contributed by atoms with Crippen molar-refractivity contribution in [2.24, 2.45) is 0 Å². The highest BCUT2D eigenvalue weighted by atomic mass is 32.2. The topological polar surface area (TPSA) is 75.3 Å². The van der Waals surface area contributed by atoms with Crippen LogP contribution in [0.25, 0.3) is 0 Å². The van der Waals surface area contributed by atoms with E-state index >= 15 is 0 Å². The van der Waals surface area contributed by atoms with E-state index in [9.17, 15) is 13.2 Å². The van der Waals surface area contributed by atoms with Crippen LogP contribution in [0.1, 0.15) is 30.1 Å². The SMILES string of the molecule is CCCCNS(=O)(=O)c1ccc(C(=O)NC)cc1. The molecule has 1 aromatic rings. The minimum Gasteiger partial charge on any atom is -0.355 e. The van der Waals surface area contributed by atoms with Crippen LogP contribution < -0.4 is 10.0 Å². The molecule has 0 saturated carbocycles. The molecule has 0 spiro atoms. The Bertz CT molecular complexity index is 495. The van der Waals surface area contributed by atoms with Gasteiger partial charge in [-0.05, 0) is 30.7 Å². The van der Waals surface area contributed by atoms with Crippen LogP contribution in [-0.2, 0) is 10.0 Å². The largest absolute Gasteiger partial charge is 0.355 e. The number of hydrogen-bond donors (Lipinski definition) is 2. The van der Waals surface area contributed by atoms with Gasteiger partial charge in [-0.2, -0.15) is 0 Å². The molecule has 0 aliphatic rings. The first-order valence-electron chi connectivity index (χ1n) is 5.83. The summed E-state index contributed by atoms with van der Waals surface area (Å²) in [6, 6.07) is 5.85. The minimum absolute atomic E-state index is 0.172. The molecule has 2 N–H and O–H groups in total. The summed E-state index contributed by atoms with van der Waals surface area (Å²) in [5, 5.41) is 2.48. The Morgan fingerprint density at radius 2 is 1.83 bits per heavy atom. The summed E-state index contributed by atoms with van der Waals surface area (Å²) >= 11 is 0. The van der Waals surface area contributed by atoms with E-state index in [0.717, 1.165) is 12.8 Å². The van der Waals surface area contributed by atoms with Gasteiger partial charge in [0.15, 0.2) is 0 Å². The standard InChI is InChI=1S/C12H18N2O3S/c1-3-4-9-14-18(16,17)11-7-5-10(6-8-11)12(15)13-2/h5-8,14H,3-4,9H2,1-2H3,(H,13,15). The number of nitrogens with one attached hydrogen (secondary N) is 2. The van der Waals surface area contributed by atoms with Crippen LogP contribution in [0.4, 0.5) is 0 Å². The lowest BCUT2D eigenvalue weighted by Crippen LogP contribution is -2.25. The molecule has 0 aliphatic carbocycles. The van der Waals surface area contributed by atoms with E-state index in [1.165, 1.54) is 31.3 Å². The third kappa shape index (κ3) is 3.82. The lowest BCUT2D eigenvalue weighted by atomic mass is 10.2. The Hall–Kier alpha value is -1.40. The van der Waals surface area contributed by atoms with Crippen LogP contribution in [0.5, 0.6) is 0 Å². The fourth-order valence-corrected chi connectivity index (χ4v) is 2.47. The fraction of sp³-hybridized carbons (Fsp3) is 0.417. The van der Waals surface area contributed by atoms with Gasteiger partial charge < -0.3 is 5.32 Å². The van der Waals surface area contributed by atoms with Crippen molar-refractivity contribution in [3.63, 3.8) is 0 Å². The van der Waals surface area contributed by atoms with Gasteiger partial charge in [0.05, 0.1) is 4.90 Å². The Labute approximate surface area is 108 Å². The molecule has 1 amide bonds. The predicted molar refractivity (Wildman–Crippen MR) is 69.9 cm³/mol. The van der Waals surface area contributed by atoms with Crippen LogP contribution >= 0.6 is 0 Å². The second-order valence-electron chi connectivity index (χ2n) is 3.85. The van der Waals surface area contributed by atoms with Crippen molar-refractivity contribution in [3.05, 3.63) is 29.8 Å². The number of unbranched alkanes of at least 4 members (excludes halogenated alkanes) is 1. The van der Waals surface area contributed by atoms with Gasteiger partial charge in [-0.1, -0.05) is 13.3 Å². The molecule has 0 fully saturated rings. The summed E-state index contributed by atoms with van der Waals surface area (Å²) < 4.78 is 26.2. The summed E-state index contributed by atoms with van der Waals surface area (Å²) in [7, 11) is -1.94. The van der Waals surface area contributed by atoms with Gasteiger partial charge >= 0.3 is 0 Å². The van der Waals surface area contributed by atoms with Gasteiger partial charge in [-0.3, -0.25) is 4.79 Å². The molecule has 0 bridgehead atoms. The second-order valence-corrected chi connectivity index (χ2v) is 5.62. The molecule has 18 heavy (non-hydrogen) atoms. The van der Waals surface area contributed by atoms with E-state index in [2.05, 4.69) is 10.0 Å². The quantitative estimate of drug-likeness (QED) is 0.761. The number of rotatable bonds is 6. The molecule has 0 aliphatic heterocycles. The summed E-state index contributed by atoms with van der Waals surface area (Å²) in [5.74, 6) is -0.238. The van der Waals surface area contributed by atoms with Crippen molar-refractivity contribution in [2.75, 3.05) is 13.6 Å². The molecular weight excluding hydrogens is 252 g/mol. The average Bonchev–Trinajstić information content (AvgIpc) is 2.38. The monoisotopic (exact) mass is 270 g/mol. The zero-order valence-electron chi connectivity index (χ0n) is 10.6.